The molecule has 1 aliphatic heterocycles. The molecule has 0 unspecified atom stereocenters. The monoisotopic (exact) mass is 355 g/mol. The lowest BCUT2D eigenvalue weighted by Gasteiger charge is -2.21. The van der Waals surface area contributed by atoms with Gasteiger partial charge in [0.25, 0.3) is 0 Å². The highest BCUT2D eigenvalue weighted by Gasteiger charge is 2.23. The summed E-state index contributed by atoms with van der Waals surface area (Å²) >= 11 is 7.47. The average molecular weight is 356 g/mol. The first-order valence-electron chi connectivity index (χ1n) is 7.38. The maximum atomic E-state index is 6.38. The van der Waals surface area contributed by atoms with Crippen molar-refractivity contribution >= 4 is 29.1 Å². The number of thioether (sulfide) groups is 1. The van der Waals surface area contributed by atoms with E-state index in [1.165, 1.54) is 11.8 Å². The van der Waals surface area contributed by atoms with E-state index >= 15 is 0 Å². The van der Waals surface area contributed by atoms with Crippen molar-refractivity contribution in [1.29, 1.82) is 0 Å². The number of nitrogens with two attached hydrogens (primary N) is 1. The van der Waals surface area contributed by atoms with E-state index in [0.29, 0.717) is 10.8 Å². The molecule has 0 spiro atoms. The van der Waals surface area contributed by atoms with Gasteiger partial charge in [0.1, 0.15) is 0 Å². The van der Waals surface area contributed by atoms with Gasteiger partial charge in [0, 0.05) is 16.0 Å². The fraction of sp³-hybridized carbons (Fsp3) is 0.0588. The number of rotatable bonds is 3. The van der Waals surface area contributed by atoms with E-state index in [1.54, 1.807) is 0 Å². The predicted octanol–water partition coefficient (Wildman–Crippen LogP) is 3.63. The van der Waals surface area contributed by atoms with E-state index in [4.69, 9.17) is 17.3 Å². The molecule has 0 saturated carbocycles. The summed E-state index contributed by atoms with van der Waals surface area (Å²) in [6.45, 7) is 0. The topological polar surface area (TPSA) is 68.8 Å². The zero-order valence-corrected chi connectivity index (χ0v) is 14.1. The van der Waals surface area contributed by atoms with E-state index in [9.17, 15) is 0 Å². The molecule has 3 aromatic rings. The SMILES string of the molecule is N[C@H](c1ccccc1)c1nnc2n1NC(c1ccc(Cl)cc1)=CS2. The smallest absolute Gasteiger partial charge is 0.214 e. The van der Waals surface area contributed by atoms with Gasteiger partial charge in [-0.15, -0.1) is 10.2 Å². The standard InChI is InChI=1S/C17H14ClN5S/c18-13-8-6-11(7-9-13)14-10-24-17-21-20-16(23(17)22-14)15(19)12-4-2-1-3-5-12/h1-10,15,22H,19H2/t15-/m1/s1. The summed E-state index contributed by atoms with van der Waals surface area (Å²) in [4.78, 5) is 0. The third kappa shape index (κ3) is 2.80. The van der Waals surface area contributed by atoms with Crippen molar-refractivity contribution < 1.29 is 0 Å². The number of aromatic nitrogens is 3. The third-order valence-corrected chi connectivity index (χ3v) is 4.85. The third-order valence-electron chi connectivity index (χ3n) is 3.76. The van der Waals surface area contributed by atoms with Crippen molar-refractivity contribution in [3.63, 3.8) is 0 Å². The molecule has 7 heteroatoms. The van der Waals surface area contributed by atoms with Crippen molar-refractivity contribution in [1.82, 2.24) is 14.9 Å². The molecule has 0 radical (unpaired) electrons. The van der Waals surface area contributed by atoms with Gasteiger partial charge in [0.2, 0.25) is 5.16 Å². The van der Waals surface area contributed by atoms with E-state index in [2.05, 4.69) is 15.6 Å². The second kappa shape index (κ2) is 6.32. The molecule has 0 saturated heterocycles. The Balaban J connectivity index is 1.65. The van der Waals surface area contributed by atoms with Gasteiger partial charge in [-0.3, -0.25) is 5.43 Å². The number of halogens is 1. The van der Waals surface area contributed by atoms with Crippen LogP contribution in [0.1, 0.15) is 23.0 Å². The first kappa shape index (κ1) is 15.3. The Morgan fingerprint density at radius 3 is 2.54 bits per heavy atom. The van der Waals surface area contributed by atoms with Crippen LogP contribution < -0.4 is 11.2 Å². The van der Waals surface area contributed by atoms with Crippen LogP contribution >= 0.6 is 23.4 Å². The summed E-state index contributed by atoms with van der Waals surface area (Å²) in [6.07, 6.45) is 0. The van der Waals surface area contributed by atoms with Gasteiger partial charge in [0.05, 0.1) is 11.7 Å². The van der Waals surface area contributed by atoms with Gasteiger partial charge in [-0.05, 0) is 17.7 Å². The Labute approximate surface area is 148 Å². The highest BCUT2D eigenvalue weighted by atomic mass is 35.5. The van der Waals surface area contributed by atoms with Crippen LogP contribution in [-0.2, 0) is 0 Å². The Morgan fingerprint density at radius 2 is 1.79 bits per heavy atom. The minimum atomic E-state index is -0.356. The van der Waals surface area contributed by atoms with Crippen molar-refractivity contribution in [2.24, 2.45) is 5.73 Å². The minimum Gasteiger partial charge on any atom is -0.318 e. The van der Waals surface area contributed by atoms with Crippen molar-refractivity contribution in [2.45, 2.75) is 11.2 Å². The molecule has 2 heterocycles. The van der Waals surface area contributed by atoms with Gasteiger partial charge >= 0.3 is 0 Å². The fourth-order valence-corrected chi connectivity index (χ4v) is 3.36. The maximum absolute atomic E-state index is 6.38. The van der Waals surface area contributed by atoms with Crippen LogP contribution in [0.2, 0.25) is 5.02 Å². The molecule has 0 fully saturated rings. The summed E-state index contributed by atoms with van der Waals surface area (Å²) in [5.41, 5.74) is 12.7. The quantitative estimate of drug-likeness (QED) is 0.750. The summed E-state index contributed by atoms with van der Waals surface area (Å²) < 4.78 is 1.84. The molecular formula is C17H14ClN5S. The van der Waals surface area contributed by atoms with Gasteiger partial charge in [0.15, 0.2) is 5.82 Å². The molecule has 0 bridgehead atoms. The lowest BCUT2D eigenvalue weighted by molar-refractivity contribution is 0.705. The lowest BCUT2D eigenvalue weighted by Crippen LogP contribution is -2.25. The Bertz CT molecular complexity index is 889. The second-order valence-electron chi connectivity index (χ2n) is 5.33. The number of benzene rings is 2. The second-order valence-corrected chi connectivity index (χ2v) is 6.61. The molecule has 0 aliphatic carbocycles. The molecule has 1 atom stereocenters. The average Bonchev–Trinajstić information content (AvgIpc) is 3.05. The van der Waals surface area contributed by atoms with Crippen LogP contribution in [0.4, 0.5) is 0 Å². The molecule has 3 N–H and O–H groups in total. The molecule has 0 amide bonds. The fourth-order valence-electron chi connectivity index (χ4n) is 2.49. The predicted molar refractivity (Wildman–Crippen MR) is 97.1 cm³/mol. The Hall–Kier alpha value is -2.28. The molecule has 1 aromatic heterocycles. The van der Waals surface area contributed by atoms with Crippen LogP contribution in [0.15, 0.2) is 65.2 Å². The summed E-state index contributed by atoms with van der Waals surface area (Å²) in [7, 11) is 0. The first-order valence-corrected chi connectivity index (χ1v) is 8.64. The molecule has 1 aliphatic rings. The molecular weight excluding hydrogens is 342 g/mol. The van der Waals surface area contributed by atoms with Crippen molar-refractivity contribution in [3.8, 4) is 0 Å². The largest absolute Gasteiger partial charge is 0.318 e. The molecule has 4 rings (SSSR count). The van der Waals surface area contributed by atoms with Gasteiger partial charge < -0.3 is 5.73 Å². The number of nitrogens with one attached hydrogen (secondary N) is 1. The van der Waals surface area contributed by atoms with Crippen LogP contribution in [0, 0.1) is 0 Å². The Kier molecular flexibility index (Phi) is 4.02. The zero-order chi connectivity index (χ0) is 16.5. The molecule has 5 nitrogen and oxygen atoms in total. The van der Waals surface area contributed by atoms with E-state index in [1.807, 2.05) is 64.7 Å². The summed E-state index contributed by atoms with van der Waals surface area (Å²) in [5, 5.41) is 12.0. The van der Waals surface area contributed by atoms with Crippen LogP contribution in [0.5, 0.6) is 0 Å². The number of hydrogen-bond donors (Lipinski definition) is 2. The molecule has 120 valence electrons. The molecule has 2 aromatic carbocycles. The maximum Gasteiger partial charge on any atom is 0.214 e. The lowest BCUT2D eigenvalue weighted by atomic mass is 10.1. The van der Waals surface area contributed by atoms with Crippen molar-refractivity contribution in [3.05, 3.63) is 82.0 Å². The minimum absolute atomic E-state index is 0.356. The highest BCUT2D eigenvalue weighted by Crippen LogP contribution is 2.31. The first-order chi connectivity index (χ1) is 11.7. The van der Waals surface area contributed by atoms with Crippen LogP contribution in [0.3, 0.4) is 0 Å². The van der Waals surface area contributed by atoms with Gasteiger partial charge in [-0.1, -0.05) is 65.8 Å². The van der Waals surface area contributed by atoms with Gasteiger partial charge in [-0.2, -0.15) is 0 Å². The number of fused-ring (bicyclic) bond motifs is 1. The normalized spacial score (nSPS) is 14.5. The van der Waals surface area contributed by atoms with E-state index < -0.39 is 0 Å². The number of nitrogens with zero attached hydrogens (tertiary/aromatic N) is 3. The summed E-state index contributed by atoms with van der Waals surface area (Å²) in [6, 6.07) is 17.2. The zero-order valence-electron chi connectivity index (χ0n) is 12.6. The molecule has 24 heavy (non-hydrogen) atoms. The van der Waals surface area contributed by atoms with Gasteiger partial charge in [-0.25, -0.2) is 4.68 Å². The Morgan fingerprint density at radius 1 is 1.04 bits per heavy atom. The summed E-state index contributed by atoms with van der Waals surface area (Å²) in [5.74, 6) is 0.670. The van der Waals surface area contributed by atoms with E-state index in [0.717, 1.165) is 22.0 Å². The van der Waals surface area contributed by atoms with E-state index in [-0.39, 0.29) is 6.04 Å². The van der Waals surface area contributed by atoms with Crippen LogP contribution in [-0.4, -0.2) is 14.9 Å². The number of hydrogen-bond acceptors (Lipinski definition) is 5. The van der Waals surface area contributed by atoms with Crippen molar-refractivity contribution in [2.75, 3.05) is 5.43 Å². The highest BCUT2D eigenvalue weighted by molar-refractivity contribution is 8.02. The van der Waals surface area contributed by atoms with Crippen LogP contribution in [0.25, 0.3) is 5.70 Å².